The third-order valence-corrected chi connectivity index (χ3v) is 5.16. The molecule has 0 saturated carbocycles. The second-order valence-electron chi connectivity index (χ2n) is 6.57. The zero-order chi connectivity index (χ0) is 19.2. The Bertz CT molecular complexity index is 825. The largest absolute Gasteiger partial charge is 0.339 e. The highest BCUT2D eigenvalue weighted by Crippen LogP contribution is 2.21. The SMILES string of the molecule is CCCCn1c(-c2ccc(Cl)cc2)nn(CCC(=O)NC2CCNN2)c1=S. The van der Waals surface area contributed by atoms with Crippen molar-refractivity contribution in [2.75, 3.05) is 6.54 Å². The van der Waals surface area contributed by atoms with Gasteiger partial charge in [-0.2, -0.15) is 5.10 Å². The summed E-state index contributed by atoms with van der Waals surface area (Å²) < 4.78 is 4.43. The van der Waals surface area contributed by atoms with Gasteiger partial charge in [0, 0.05) is 30.1 Å². The molecule has 1 saturated heterocycles. The molecule has 3 N–H and O–H groups in total. The van der Waals surface area contributed by atoms with Crippen molar-refractivity contribution in [2.45, 2.75) is 51.9 Å². The van der Waals surface area contributed by atoms with Crippen LogP contribution in [0.5, 0.6) is 0 Å². The zero-order valence-electron chi connectivity index (χ0n) is 15.4. The Balaban J connectivity index is 1.75. The number of aryl methyl sites for hydroxylation is 1. The topological polar surface area (TPSA) is 75.9 Å². The predicted molar refractivity (Wildman–Crippen MR) is 109 cm³/mol. The molecule has 0 radical (unpaired) electrons. The Hall–Kier alpha value is -1.74. The predicted octanol–water partition coefficient (Wildman–Crippen LogP) is 2.86. The molecule has 3 rings (SSSR count). The highest BCUT2D eigenvalue weighted by Gasteiger charge is 2.17. The van der Waals surface area contributed by atoms with Gasteiger partial charge in [-0.3, -0.25) is 14.8 Å². The number of hydrogen-bond donors (Lipinski definition) is 3. The minimum Gasteiger partial charge on any atom is -0.339 e. The van der Waals surface area contributed by atoms with Crippen LogP contribution in [-0.2, 0) is 17.9 Å². The van der Waals surface area contributed by atoms with Crippen molar-refractivity contribution in [2.24, 2.45) is 0 Å². The first-order valence-corrected chi connectivity index (χ1v) is 10.1. The van der Waals surface area contributed by atoms with Gasteiger partial charge in [0.15, 0.2) is 10.6 Å². The summed E-state index contributed by atoms with van der Waals surface area (Å²) in [7, 11) is 0. The molecule has 0 spiro atoms. The number of carbonyl (C=O) groups excluding carboxylic acids is 1. The van der Waals surface area contributed by atoms with E-state index in [4.69, 9.17) is 28.9 Å². The zero-order valence-corrected chi connectivity index (χ0v) is 16.9. The Morgan fingerprint density at radius 3 is 2.81 bits per heavy atom. The molecule has 1 atom stereocenters. The molecule has 2 heterocycles. The molecule has 7 nitrogen and oxygen atoms in total. The Kier molecular flexibility index (Phi) is 7.01. The molecular weight excluding hydrogens is 384 g/mol. The summed E-state index contributed by atoms with van der Waals surface area (Å²) in [5.41, 5.74) is 6.98. The number of nitrogens with zero attached hydrogens (tertiary/aromatic N) is 3. The molecule has 0 bridgehead atoms. The first kappa shape index (κ1) is 20.0. The monoisotopic (exact) mass is 408 g/mol. The summed E-state index contributed by atoms with van der Waals surface area (Å²) in [6.07, 6.45) is 3.27. The molecule has 1 aliphatic rings. The number of aromatic nitrogens is 3. The van der Waals surface area contributed by atoms with E-state index in [0.717, 1.165) is 43.7 Å². The van der Waals surface area contributed by atoms with Crippen LogP contribution in [0.15, 0.2) is 24.3 Å². The third kappa shape index (κ3) is 5.16. The summed E-state index contributed by atoms with van der Waals surface area (Å²) in [4.78, 5) is 12.2. The van der Waals surface area contributed by atoms with E-state index in [-0.39, 0.29) is 12.1 Å². The Labute approximate surface area is 169 Å². The van der Waals surface area contributed by atoms with Crippen LogP contribution in [0.25, 0.3) is 11.4 Å². The number of nitrogens with one attached hydrogen (secondary N) is 3. The van der Waals surface area contributed by atoms with E-state index in [1.54, 1.807) is 4.68 Å². The minimum atomic E-state index is -0.0192. The van der Waals surface area contributed by atoms with E-state index in [0.29, 0.717) is 22.8 Å². The van der Waals surface area contributed by atoms with E-state index < -0.39 is 0 Å². The van der Waals surface area contributed by atoms with Gasteiger partial charge in [-0.25, -0.2) is 10.1 Å². The van der Waals surface area contributed by atoms with E-state index in [1.807, 2.05) is 28.8 Å². The van der Waals surface area contributed by atoms with Crippen molar-refractivity contribution in [3.05, 3.63) is 34.1 Å². The van der Waals surface area contributed by atoms with Crippen LogP contribution in [0.2, 0.25) is 5.02 Å². The van der Waals surface area contributed by atoms with Crippen molar-refractivity contribution in [3.63, 3.8) is 0 Å². The lowest BCUT2D eigenvalue weighted by molar-refractivity contribution is -0.122. The fourth-order valence-corrected chi connectivity index (χ4v) is 3.42. The maximum Gasteiger partial charge on any atom is 0.223 e. The maximum absolute atomic E-state index is 12.2. The highest BCUT2D eigenvalue weighted by molar-refractivity contribution is 7.71. The molecule has 1 fully saturated rings. The maximum atomic E-state index is 12.2. The van der Waals surface area contributed by atoms with Gasteiger partial charge >= 0.3 is 0 Å². The lowest BCUT2D eigenvalue weighted by Gasteiger charge is -2.11. The molecule has 0 aliphatic carbocycles. The number of benzene rings is 1. The number of rotatable bonds is 8. The van der Waals surface area contributed by atoms with Crippen LogP contribution < -0.4 is 16.2 Å². The third-order valence-electron chi connectivity index (χ3n) is 4.48. The minimum absolute atomic E-state index is 0.0165. The second kappa shape index (κ2) is 9.45. The number of carbonyl (C=O) groups is 1. The van der Waals surface area contributed by atoms with Crippen LogP contribution in [0.4, 0.5) is 0 Å². The lowest BCUT2D eigenvalue weighted by atomic mass is 10.2. The number of halogens is 1. The standard InChI is InChI=1S/C18H25ClN6OS/c1-2-3-11-24-17(13-4-6-14(19)7-5-13)23-25(18(24)27)12-9-16(26)21-15-8-10-20-22-15/h4-7,15,20,22H,2-3,8-12H2,1H3,(H,21,26). The molecule has 9 heteroatoms. The van der Waals surface area contributed by atoms with E-state index in [1.165, 1.54) is 0 Å². The average molecular weight is 409 g/mol. The van der Waals surface area contributed by atoms with Gasteiger partial charge in [-0.05, 0) is 49.3 Å². The first-order chi connectivity index (χ1) is 13.1. The summed E-state index contributed by atoms with van der Waals surface area (Å²) in [5.74, 6) is 0.793. The Morgan fingerprint density at radius 1 is 1.37 bits per heavy atom. The molecule has 2 aromatic rings. The lowest BCUT2D eigenvalue weighted by Crippen LogP contribution is -2.44. The molecule has 27 heavy (non-hydrogen) atoms. The number of amides is 1. The number of hydrazine groups is 1. The molecule has 1 unspecified atom stereocenters. The highest BCUT2D eigenvalue weighted by atomic mass is 35.5. The van der Waals surface area contributed by atoms with E-state index >= 15 is 0 Å². The average Bonchev–Trinajstić information content (AvgIpc) is 3.27. The second-order valence-corrected chi connectivity index (χ2v) is 7.37. The van der Waals surface area contributed by atoms with Gasteiger partial charge in [0.2, 0.25) is 5.91 Å². The van der Waals surface area contributed by atoms with Crippen LogP contribution in [0.1, 0.15) is 32.6 Å². The van der Waals surface area contributed by atoms with Gasteiger partial charge in [0.1, 0.15) is 0 Å². The van der Waals surface area contributed by atoms with Crippen molar-refractivity contribution in [1.29, 1.82) is 0 Å². The van der Waals surface area contributed by atoms with Crippen LogP contribution >= 0.6 is 23.8 Å². The number of hydrogen-bond acceptors (Lipinski definition) is 5. The fraction of sp³-hybridized carbons (Fsp3) is 0.500. The van der Waals surface area contributed by atoms with Crippen LogP contribution in [0.3, 0.4) is 0 Å². The first-order valence-electron chi connectivity index (χ1n) is 9.30. The smallest absolute Gasteiger partial charge is 0.223 e. The Morgan fingerprint density at radius 2 is 2.15 bits per heavy atom. The summed E-state index contributed by atoms with van der Waals surface area (Å²) in [5, 5.41) is 8.33. The van der Waals surface area contributed by atoms with Gasteiger partial charge in [-0.1, -0.05) is 24.9 Å². The molecular formula is C18H25ClN6OS. The normalized spacial score (nSPS) is 16.6. The van der Waals surface area contributed by atoms with Crippen molar-refractivity contribution in [3.8, 4) is 11.4 Å². The van der Waals surface area contributed by atoms with Gasteiger partial charge in [0.25, 0.3) is 0 Å². The molecule has 1 aromatic heterocycles. The molecule has 1 aliphatic heterocycles. The van der Waals surface area contributed by atoms with Crippen molar-refractivity contribution in [1.82, 2.24) is 30.5 Å². The van der Waals surface area contributed by atoms with E-state index in [2.05, 4.69) is 23.1 Å². The summed E-state index contributed by atoms with van der Waals surface area (Å²) >= 11 is 11.6. The van der Waals surface area contributed by atoms with E-state index in [9.17, 15) is 4.79 Å². The summed E-state index contributed by atoms with van der Waals surface area (Å²) in [6.45, 7) is 4.25. The van der Waals surface area contributed by atoms with Gasteiger partial charge < -0.3 is 5.32 Å². The quantitative estimate of drug-likeness (QED) is 0.585. The molecule has 146 valence electrons. The van der Waals surface area contributed by atoms with Crippen molar-refractivity contribution >= 4 is 29.7 Å². The fourth-order valence-electron chi connectivity index (χ4n) is 2.98. The van der Waals surface area contributed by atoms with Gasteiger partial charge in [-0.15, -0.1) is 0 Å². The molecule has 1 aromatic carbocycles. The van der Waals surface area contributed by atoms with Crippen LogP contribution in [0, 0.1) is 4.77 Å². The number of unbranched alkanes of at least 4 members (excludes halogenated alkanes) is 1. The molecule has 1 amide bonds. The van der Waals surface area contributed by atoms with Crippen LogP contribution in [-0.4, -0.2) is 33.0 Å². The van der Waals surface area contributed by atoms with Gasteiger partial charge in [0.05, 0.1) is 12.7 Å². The summed E-state index contributed by atoms with van der Waals surface area (Å²) in [6, 6.07) is 7.58. The van der Waals surface area contributed by atoms with Crippen molar-refractivity contribution < 1.29 is 4.79 Å².